The summed E-state index contributed by atoms with van der Waals surface area (Å²) in [6.07, 6.45) is 24.2. The molecule has 0 aromatic heterocycles. The molecule has 0 saturated carbocycles. The van der Waals surface area contributed by atoms with Crippen molar-refractivity contribution >= 4 is 5.78 Å². The van der Waals surface area contributed by atoms with E-state index in [0.29, 0.717) is 5.78 Å². The molecule has 0 spiro atoms. The van der Waals surface area contributed by atoms with Crippen molar-refractivity contribution in [3.05, 3.63) is 0 Å². The maximum absolute atomic E-state index is 11.7. The zero-order chi connectivity index (χ0) is 18.4. The van der Waals surface area contributed by atoms with Gasteiger partial charge in [-0.2, -0.15) is 0 Å². The van der Waals surface area contributed by atoms with Crippen LogP contribution >= 0.6 is 0 Å². The minimum atomic E-state index is 0.450. The normalized spacial score (nSPS) is 11.1. The van der Waals surface area contributed by atoms with Crippen molar-refractivity contribution in [3.63, 3.8) is 0 Å². The fourth-order valence-corrected chi connectivity index (χ4v) is 3.39. The summed E-state index contributed by atoms with van der Waals surface area (Å²) in [5.74, 6) is 0.450. The highest BCUT2D eigenvalue weighted by molar-refractivity contribution is 5.78. The summed E-state index contributed by atoms with van der Waals surface area (Å²) >= 11 is 0. The predicted octanol–water partition coefficient (Wildman–Crippen LogP) is 7.63. The number of unbranched alkanes of at least 4 members (excludes halogenated alkanes) is 15. The van der Waals surface area contributed by atoms with E-state index in [2.05, 4.69) is 6.92 Å². The minimum absolute atomic E-state index is 0.450. The lowest BCUT2D eigenvalue weighted by molar-refractivity contribution is -0.119. The lowest BCUT2D eigenvalue weighted by Gasteiger charge is -2.04. The van der Waals surface area contributed by atoms with E-state index in [9.17, 15) is 4.79 Å². The van der Waals surface area contributed by atoms with Crippen molar-refractivity contribution in [2.75, 3.05) is 13.7 Å². The summed E-state index contributed by atoms with van der Waals surface area (Å²) in [4.78, 5) is 11.7. The molecule has 0 bridgehead atoms. The summed E-state index contributed by atoms with van der Waals surface area (Å²) in [5, 5.41) is 0. The van der Waals surface area contributed by atoms with Crippen LogP contribution < -0.4 is 0 Å². The molecule has 0 N–H and O–H groups in total. The second kappa shape index (κ2) is 21.7. The van der Waals surface area contributed by atoms with Crippen LogP contribution in [-0.4, -0.2) is 19.5 Å². The van der Waals surface area contributed by atoms with E-state index in [1.807, 2.05) is 0 Å². The average molecular weight is 355 g/mol. The molecule has 150 valence electrons. The van der Waals surface area contributed by atoms with Crippen LogP contribution in [0.3, 0.4) is 0 Å². The first kappa shape index (κ1) is 24.6. The first-order valence-electron chi connectivity index (χ1n) is 11.3. The molecule has 0 aliphatic carbocycles. The second-order valence-electron chi connectivity index (χ2n) is 7.69. The van der Waals surface area contributed by atoms with Crippen molar-refractivity contribution < 1.29 is 9.53 Å². The van der Waals surface area contributed by atoms with Gasteiger partial charge in [-0.3, -0.25) is 4.79 Å². The molecule has 0 heterocycles. The van der Waals surface area contributed by atoms with E-state index < -0.39 is 0 Å². The molecule has 25 heavy (non-hydrogen) atoms. The molecule has 0 rings (SSSR count). The topological polar surface area (TPSA) is 26.3 Å². The Morgan fingerprint density at radius 2 is 0.920 bits per heavy atom. The van der Waals surface area contributed by atoms with Gasteiger partial charge in [0.25, 0.3) is 0 Å². The molecule has 0 fully saturated rings. The van der Waals surface area contributed by atoms with E-state index in [4.69, 9.17) is 4.74 Å². The lowest BCUT2D eigenvalue weighted by atomic mass is 10.0. The van der Waals surface area contributed by atoms with Crippen molar-refractivity contribution in [1.29, 1.82) is 0 Å². The lowest BCUT2D eigenvalue weighted by Crippen LogP contribution is -1.99. The van der Waals surface area contributed by atoms with Crippen molar-refractivity contribution in [2.24, 2.45) is 0 Å². The number of ketones is 1. The average Bonchev–Trinajstić information content (AvgIpc) is 2.62. The van der Waals surface area contributed by atoms with Crippen molar-refractivity contribution in [1.82, 2.24) is 0 Å². The molecular formula is C23H46O2. The molecule has 2 nitrogen and oxygen atoms in total. The Bertz CT molecular complexity index is 263. The molecule has 0 saturated heterocycles. The van der Waals surface area contributed by atoms with Crippen LogP contribution in [0.2, 0.25) is 0 Å². The van der Waals surface area contributed by atoms with E-state index in [1.165, 1.54) is 89.9 Å². The van der Waals surface area contributed by atoms with Crippen LogP contribution in [0.15, 0.2) is 0 Å². The third-order valence-corrected chi connectivity index (χ3v) is 5.11. The summed E-state index contributed by atoms with van der Waals surface area (Å²) < 4.78 is 5.00. The highest BCUT2D eigenvalue weighted by atomic mass is 16.5. The molecule has 0 amide bonds. The Labute approximate surface area is 158 Å². The number of ether oxygens (including phenoxy) is 1. The zero-order valence-corrected chi connectivity index (χ0v) is 17.5. The number of Topliss-reactive ketones (excluding diaryl/α,β-unsaturated/α-hetero) is 1. The number of carbonyl (C=O) groups is 1. The van der Waals surface area contributed by atoms with Gasteiger partial charge < -0.3 is 4.74 Å². The van der Waals surface area contributed by atoms with Gasteiger partial charge >= 0.3 is 0 Å². The summed E-state index contributed by atoms with van der Waals surface area (Å²) in [7, 11) is 1.72. The third kappa shape index (κ3) is 21.6. The molecule has 0 aromatic rings. The van der Waals surface area contributed by atoms with Gasteiger partial charge in [0.05, 0.1) is 0 Å². The Kier molecular flexibility index (Phi) is 21.4. The molecule has 0 atom stereocenters. The number of rotatable bonds is 21. The Hall–Kier alpha value is -0.370. The van der Waals surface area contributed by atoms with Crippen molar-refractivity contribution in [3.8, 4) is 0 Å². The molecule has 0 aromatic carbocycles. The largest absolute Gasteiger partial charge is 0.385 e. The molecule has 0 radical (unpaired) electrons. The second-order valence-corrected chi connectivity index (χ2v) is 7.69. The molecular weight excluding hydrogens is 308 g/mol. The highest BCUT2D eigenvalue weighted by Gasteiger charge is 2.01. The summed E-state index contributed by atoms with van der Waals surface area (Å²) in [5.41, 5.74) is 0. The molecule has 0 aliphatic rings. The van der Waals surface area contributed by atoms with E-state index in [-0.39, 0.29) is 0 Å². The first-order chi connectivity index (χ1) is 12.3. The third-order valence-electron chi connectivity index (χ3n) is 5.11. The predicted molar refractivity (Wildman–Crippen MR) is 110 cm³/mol. The smallest absolute Gasteiger partial charge is 0.132 e. The first-order valence-corrected chi connectivity index (χ1v) is 11.3. The fourth-order valence-electron chi connectivity index (χ4n) is 3.39. The Morgan fingerprint density at radius 1 is 0.560 bits per heavy atom. The van der Waals surface area contributed by atoms with Crippen LogP contribution in [0.4, 0.5) is 0 Å². The van der Waals surface area contributed by atoms with Gasteiger partial charge in [0.15, 0.2) is 0 Å². The Morgan fingerprint density at radius 3 is 1.32 bits per heavy atom. The van der Waals surface area contributed by atoms with E-state index >= 15 is 0 Å². The van der Waals surface area contributed by atoms with Gasteiger partial charge in [-0.05, 0) is 19.3 Å². The van der Waals surface area contributed by atoms with Gasteiger partial charge in [-0.15, -0.1) is 0 Å². The number of hydrogen-bond donors (Lipinski definition) is 0. The summed E-state index contributed by atoms with van der Waals surface area (Å²) in [6, 6.07) is 0. The van der Waals surface area contributed by atoms with E-state index in [1.54, 1.807) is 7.11 Å². The zero-order valence-electron chi connectivity index (χ0n) is 17.5. The quantitative estimate of drug-likeness (QED) is 0.198. The van der Waals surface area contributed by atoms with Crippen LogP contribution in [0.1, 0.15) is 129 Å². The Balaban J connectivity index is 3.08. The molecule has 0 aliphatic heterocycles. The van der Waals surface area contributed by atoms with Gasteiger partial charge in [-0.25, -0.2) is 0 Å². The maximum atomic E-state index is 11.7. The van der Waals surface area contributed by atoms with E-state index in [0.717, 1.165) is 38.7 Å². The highest BCUT2D eigenvalue weighted by Crippen LogP contribution is 2.14. The SMILES string of the molecule is CCCCCCCCCCCCCCCCCC(=O)CCCCOC. The van der Waals surface area contributed by atoms with Gasteiger partial charge in [0, 0.05) is 26.6 Å². The van der Waals surface area contributed by atoms with Gasteiger partial charge in [-0.1, -0.05) is 96.8 Å². The van der Waals surface area contributed by atoms with Crippen molar-refractivity contribution in [2.45, 2.75) is 129 Å². The molecule has 0 unspecified atom stereocenters. The standard InChI is InChI=1S/C23H46O2/c1-3-4-5-6-7-8-9-10-11-12-13-14-15-16-17-20-23(24)21-18-19-22-25-2/h3-22H2,1-2H3. The number of methoxy groups -OCH3 is 1. The van der Waals surface area contributed by atoms with Crippen LogP contribution in [0.5, 0.6) is 0 Å². The summed E-state index contributed by atoms with van der Waals surface area (Å²) in [6.45, 7) is 3.07. The maximum Gasteiger partial charge on any atom is 0.132 e. The van der Waals surface area contributed by atoms with Crippen LogP contribution in [0, 0.1) is 0 Å². The number of hydrogen-bond acceptors (Lipinski definition) is 2. The van der Waals surface area contributed by atoms with Gasteiger partial charge in [0.2, 0.25) is 0 Å². The fraction of sp³-hybridized carbons (Fsp3) is 0.957. The molecule has 2 heteroatoms. The number of carbonyl (C=O) groups excluding carboxylic acids is 1. The monoisotopic (exact) mass is 354 g/mol. The van der Waals surface area contributed by atoms with Crippen LogP contribution in [-0.2, 0) is 9.53 Å². The minimum Gasteiger partial charge on any atom is -0.385 e. The van der Waals surface area contributed by atoms with Crippen LogP contribution in [0.25, 0.3) is 0 Å². The van der Waals surface area contributed by atoms with Gasteiger partial charge in [0.1, 0.15) is 5.78 Å².